The Hall–Kier alpha value is -1.73. The number of benzene rings is 2. The maximum atomic E-state index is 13.7. The van der Waals surface area contributed by atoms with Gasteiger partial charge < -0.3 is 9.41 Å². The second-order valence-electron chi connectivity index (χ2n) is 5.60. The number of methoxy groups -OCH3 is 1. The van der Waals surface area contributed by atoms with Gasteiger partial charge in [0.25, 0.3) is 0 Å². The Labute approximate surface area is 126 Å². The van der Waals surface area contributed by atoms with Crippen molar-refractivity contribution < 1.29 is 9.30 Å². The summed E-state index contributed by atoms with van der Waals surface area (Å²) in [6.45, 7) is 4.79. The number of nitrogens with zero attached hydrogens (tertiary/aromatic N) is 1. The molecule has 1 atom stereocenters. The van der Waals surface area contributed by atoms with Crippen LogP contribution in [0.4, 0.5) is 5.69 Å². The minimum absolute atomic E-state index is 0.0863. The number of hydrogen-bond acceptors (Lipinski definition) is 2. The van der Waals surface area contributed by atoms with Crippen LogP contribution in [0.15, 0.2) is 48.5 Å². The molecule has 2 aromatic rings. The lowest BCUT2D eigenvalue weighted by Gasteiger charge is -2.30. The summed E-state index contributed by atoms with van der Waals surface area (Å²) in [5.74, 6) is 0.815. The zero-order valence-corrected chi connectivity index (χ0v) is 13.5. The lowest BCUT2D eigenvalue weighted by Crippen LogP contribution is -2.21. The van der Waals surface area contributed by atoms with Crippen molar-refractivity contribution >= 4 is 18.3 Å². The summed E-state index contributed by atoms with van der Waals surface area (Å²) in [7, 11) is -0.943. The third-order valence-electron chi connectivity index (χ3n) is 4.09. The molecule has 3 nitrogen and oxygen atoms in total. The van der Waals surface area contributed by atoms with Gasteiger partial charge in [-0.05, 0) is 35.9 Å². The molecule has 0 saturated carbocycles. The Morgan fingerprint density at radius 1 is 1.10 bits per heavy atom. The summed E-state index contributed by atoms with van der Waals surface area (Å²) in [5.41, 5.74) is 2.25. The minimum atomic E-state index is -2.60. The van der Waals surface area contributed by atoms with E-state index in [9.17, 15) is 4.57 Å². The minimum Gasteiger partial charge on any atom is -0.497 e. The largest absolute Gasteiger partial charge is 0.497 e. The van der Waals surface area contributed by atoms with Crippen LogP contribution in [0.5, 0.6) is 5.75 Å². The van der Waals surface area contributed by atoms with E-state index in [0.717, 1.165) is 16.7 Å². The second kappa shape index (κ2) is 5.23. The average Bonchev–Trinajstić information content (AvgIpc) is 2.82. The number of anilines is 1. The molecule has 1 aliphatic heterocycles. The quantitative estimate of drug-likeness (QED) is 0.802. The summed E-state index contributed by atoms with van der Waals surface area (Å²) in [6, 6.07) is 15.9. The predicted molar refractivity (Wildman–Crippen MR) is 88.0 cm³/mol. The highest BCUT2D eigenvalue weighted by Crippen LogP contribution is 2.59. The highest BCUT2D eigenvalue weighted by Gasteiger charge is 2.42. The molecule has 2 aromatic carbocycles. The van der Waals surface area contributed by atoms with Crippen LogP contribution in [0.1, 0.15) is 19.4 Å². The van der Waals surface area contributed by atoms with E-state index in [4.69, 9.17) is 4.74 Å². The van der Waals surface area contributed by atoms with E-state index < -0.39 is 7.29 Å². The summed E-state index contributed by atoms with van der Waals surface area (Å²) in [6.07, 6.45) is 0. The first-order chi connectivity index (χ1) is 10.1. The molecule has 0 bridgehead atoms. The van der Waals surface area contributed by atoms with Gasteiger partial charge in [-0.3, -0.25) is 4.57 Å². The molecular formula is C17H20NO2P. The highest BCUT2D eigenvalue weighted by atomic mass is 31.2. The van der Waals surface area contributed by atoms with Crippen molar-refractivity contribution in [2.75, 3.05) is 11.8 Å². The van der Waals surface area contributed by atoms with E-state index in [-0.39, 0.29) is 5.66 Å². The van der Waals surface area contributed by atoms with Crippen LogP contribution in [0.3, 0.4) is 0 Å². The van der Waals surface area contributed by atoms with Crippen molar-refractivity contribution in [3.05, 3.63) is 54.1 Å². The first-order valence-corrected chi connectivity index (χ1v) is 8.90. The van der Waals surface area contributed by atoms with Crippen LogP contribution in [0.2, 0.25) is 0 Å². The van der Waals surface area contributed by atoms with Crippen LogP contribution >= 0.6 is 7.29 Å². The zero-order valence-electron chi connectivity index (χ0n) is 12.6. The predicted octanol–water partition coefficient (Wildman–Crippen LogP) is 4.03. The van der Waals surface area contributed by atoms with Crippen molar-refractivity contribution in [2.45, 2.75) is 26.1 Å². The van der Waals surface area contributed by atoms with E-state index in [0.29, 0.717) is 6.54 Å². The third kappa shape index (κ3) is 2.16. The third-order valence-corrected chi connectivity index (χ3v) is 7.70. The summed E-state index contributed by atoms with van der Waals surface area (Å²) >= 11 is 0. The normalized spacial score (nSPS) is 20.7. The van der Waals surface area contributed by atoms with E-state index in [2.05, 4.69) is 10.7 Å². The van der Waals surface area contributed by atoms with Crippen LogP contribution in [-0.4, -0.2) is 12.8 Å². The zero-order chi connectivity index (χ0) is 15.0. The van der Waals surface area contributed by atoms with Crippen LogP contribution < -0.4 is 14.7 Å². The van der Waals surface area contributed by atoms with Crippen molar-refractivity contribution in [1.29, 1.82) is 0 Å². The second-order valence-corrected chi connectivity index (χ2v) is 8.84. The maximum Gasteiger partial charge on any atom is 0.204 e. The molecule has 1 unspecified atom stereocenters. The van der Waals surface area contributed by atoms with Crippen LogP contribution in [0, 0.1) is 0 Å². The summed E-state index contributed by atoms with van der Waals surface area (Å²) < 4.78 is 21.0. The van der Waals surface area contributed by atoms with Crippen molar-refractivity contribution in [1.82, 2.24) is 0 Å². The molecule has 21 heavy (non-hydrogen) atoms. The topological polar surface area (TPSA) is 29.5 Å². The first kappa shape index (κ1) is 14.2. The molecule has 0 fully saturated rings. The van der Waals surface area contributed by atoms with Gasteiger partial charge >= 0.3 is 0 Å². The van der Waals surface area contributed by atoms with Crippen molar-refractivity contribution in [3.8, 4) is 5.75 Å². The van der Waals surface area contributed by atoms with Gasteiger partial charge in [0.1, 0.15) is 5.75 Å². The van der Waals surface area contributed by atoms with E-state index in [1.54, 1.807) is 7.11 Å². The van der Waals surface area contributed by atoms with Gasteiger partial charge in [-0.1, -0.05) is 32.0 Å². The maximum absolute atomic E-state index is 13.7. The van der Waals surface area contributed by atoms with E-state index >= 15 is 0 Å². The fourth-order valence-electron chi connectivity index (χ4n) is 2.93. The Morgan fingerprint density at radius 2 is 1.76 bits per heavy atom. The molecule has 1 aliphatic rings. The fraction of sp³-hybridized carbons (Fsp3) is 0.294. The summed E-state index contributed by atoms with van der Waals surface area (Å²) in [5, 5.41) is 1.01. The Bertz CT molecular complexity index is 694. The molecular weight excluding hydrogens is 281 g/mol. The van der Waals surface area contributed by atoms with Crippen molar-refractivity contribution in [3.63, 3.8) is 0 Å². The highest BCUT2D eigenvalue weighted by molar-refractivity contribution is 7.74. The number of ether oxygens (including phenoxy) is 1. The van der Waals surface area contributed by atoms with E-state index in [1.165, 1.54) is 5.56 Å². The Kier molecular flexibility index (Phi) is 3.54. The molecule has 3 rings (SSSR count). The molecule has 110 valence electrons. The van der Waals surface area contributed by atoms with Gasteiger partial charge in [0.05, 0.1) is 13.7 Å². The first-order valence-electron chi connectivity index (χ1n) is 7.17. The SMILES string of the molecule is COc1ccc(N2Cc3ccccc3P2(=O)C(C)C)cc1. The molecule has 0 radical (unpaired) electrons. The van der Waals surface area contributed by atoms with Gasteiger partial charge in [0.15, 0.2) is 0 Å². The standard InChI is InChI=1S/C17H20NO2P/c1-13(2)21(19)17-7-5-4-6-14(17)12-18(21)15-8-10-16(20-3)11-9-15/h4-11,13H,12H2,1-3H3. The van der Waals surface area contributed by atoms with Crippen LogP contribution in [-0.2, 0) is 11.1 Å². The molecule has 0 amide bonds. The lowest BCUT2D eigenvalue weighted by molar-refractivity contribution is 0.415. The Morgan fingerprint density at radius 3 is 2.38 bits per heavy atom. The molecule has 0 spiro atoms. The van der Waals surface area contributed by atoms with Gasteiger partial charge in [0, 0.05) is 16.7 Å². The van der Waals surface area contributed by atoms with E-state index in [1.807, 2.05) is 56.3 Å². The molecule has 0 saturated heterocycles. The smallest absolute Gasteiger partial charge is 0.204 e. The molecule has 4 heteroatoms. The van der Waals surface area contributed by atoms with Crippen LogP contribution in [0.25, 0.3) is 0 Å². The van der Waals surface area contributed by atoms with Crippen molar-refractivity contribution in [2.24, 2.45) is 0 Å². The number of rotatable bonds is 3. The molecule has 0 aromatic heterocycles. The summed E-state index contributed by atoms with van der Waals surface area (Å²) in [4.78, 5) is 0. The van der Waals surface area contributed by atoms with Gasteiger partial charge in [-0.2, -0.15) is 0 Å². The number of fused-ring (bicyclic) bond motifs is 1. The average molecular weight is 301 g/mol. The molecule has 0 N–H and O–H groups in total. The lowest BCUT2D eigenvalue weighted by atomic mass is 10.2. The van der Waals surface area contributed by atoms with Gasteiger partial charge in [-0.15, -0.1) is 0 Å². The molecule has 0 aliphatic carbocycles. The fourth-order valence-corrected chi connectivity index (χ4v) is 6.00. The van der Waals surface area contributed by atoms with Gasteiger partial charge in [-0.25, -0.2) is 0 Å². The van der Waals surface area contributed by atoms with Gasteiger partial charge in [0.2, 0.25) is 7.29 Å². The number of hydrogen-bond donors (Lipinski definition) is 0. The molecule has 1 heterocycles. The Balaban J connectivity index is 2.09. The monoisotopic (exact) mass is 301 g/mol.